The third kappa shape index (κ3) is 2.08. The Balaban J connectivity index is 2.45. The maximum Gasteiger partial charge on any atom is 0.338 e. The first-order valence-electron chi connectivity index (χ1n) is 4.98. The summed E-state index contributed by atoms with van der Waals surface area (Å²) in [6.07, 6.45) is 2.04. The predicted molar refractivity (Wildman–Crippen MR) is 69.6 cm³/mol. The predicted octanol–water partition coefficient (Wildman–Crippen LogP) is 3.80. The highest BCUT2D eigenvalue weighted by Gasteiger charge is 2.09. The molecule has 0 fully saturated rings. The molecule has 0 atom stereocenters. The minimum atomic E-state index is -0.248. The number of fused-ring (bicyclic) bond motifs is 1. The van der Waals surface area contributed by atoms with Gasteiger partial charge in [0.25, 0.3) is 0 Å². The van der Waals surface area contributed by atoms with E-state index >= 15 is 0 Å². The molecular formula is C12H12O2S2. The van der Waals surface area contributed by atoms with Crippen molar-refractivity contribution in [2.24, 2.45) is 0 Å². The van der Waals surface area contributed by atoms with Crippen LogP contribution < -0.4 is 0 Å². The van der Waals surface area contributed by atoms with Crippen LogP contribution in [0.5, 0.6) is 0 Å². The maximum absolute atomic E-state index is 11.6. The summed E-state index contributed by atoms with van der Waals surface area (Å²) in [5.74, 6) is -0.248. The van der Waals surface area contributed by atoms with Crippen LogP contribution in [0.25, 0.3) is 10.1 Å². The monoisotopic (exact) mass is 252 g/mol. The molecule has 1 aromatic carbocycles. The average Bonchev–Trinajstić information content (AvgIpc) is 2.71. The highest BCUT2D eigenvalue weighted by molar-refractivity contribution is 7.99. The van der Waals surface area contributed by atoms with Crippen LogP contribution in [0, 0.1) is 0 Å². The van der Waals surface area contributed by atoms with Gasteiger partial charge in [0.05, 0.1) is 12.2 Å². The molecule has 0 aliphatic carbocycles. The molecule has 0 aliphatic rings. The van der Waals surface area contributed by atoms with Gasteiger partial charge in [0.15, 0.2) is 0 Å². The van der Waals surface area contributed by atoms with E-state index in [0.29, 0.717) is 12.2 Å². The number of carbonyl (C=O) groups is 1. The van der Waals surface area contributed by atoms with Gasteiger partial charge < -0.3 is 4.74 Å². The summed E-state index contributed by atoms with van der Waals surface area (Å²) in [5.41, 5.74) is 0.628. The number of hydrogen-bond acceptors (Lipinski definition) is 4. The summed E-state index contributed by atoms with van der Waals surface area (Å²) in [6, 6.07) is 5.71. The van der Waals surface area contributed by atoms with Crippen molar-refractivity contribution >= 4 is 39.2 Å². The zero-order valence-electron chi connectivity index (χ0n) is 9.15. The van der Waals surface area contributed by atoms with Crippen LogP contribution in [-0.4, -0.2) is 18.8 Å². The van der Waals surface area contributed by atoms with Gasteiger partial charge in [0.1, 0.15) is 0 Å². The molecule has 2 nitrogen and oxygen atoms in total. The first kappa shape index (κ1) is 11.5. The van der Waals surface area contributed by atoms with Gasteiger partial charge in [0, 0.05) is 20.4 Å². The number of hydrogen-bond donors (Lipinski definition) is 0. The van der Waals surface area contributed by atoms with Gasteiger partial charge >= 0.3 is 5.97 Å². The number of rotatable bonds is 3. The molecule has 0 N–H and O–H groups in total. The van der Waals surface area contributed by atoms with E-state index in [1.165, 1.54) is 9.60 Å². The number of carbonyl (C=O) groups excluding carboxylic acids is 1. The van der Waals surface area contributed by atoms with Gasteiger partial charge in [0.2, 0.25) is 0 Å². The standard InChI is InChI=1S/C12H12O2S2/c1-3-14-12(13)8-4-5-10-9(6-8)11(15-2)7-16-10/h4-7H,3H2,1-2H3. The van der Waals surface area contributed by atoms with Gasteiger partial charge in [-0.15, -0.1) is 23.1 Å². The van der Waals surface area contributed by atoms with E-state index < -0.39 is 0 Å². The lowest BCUT2D eigenvalue weighted by Gasteiger charge is -2.02. The Morgan fingerprint density at radius 1 is 1.50 bits per heavy atom. The molecule has 0 saturated heterocycles. The SMILES string of the molecule is CCOC(=O)c1ccc2scc(SC)c2c1. The van der Waals surface area contributed by atoms with Gasteiger partial charge in [-0.3, -0.25) is 0 Å². The summed E-state index contributed by atoms with van der Waals surface area (Å²) < 4.78 is 6.19. The smallest absolute Gasteiger partial charge is 0.338 e. The minimum Gasteiger partial charge on any atom is -0.462 e. The number of thiophene rings is 1. The Morgan fingerprint density at radius 3 is 3.00 bits per heavy atom. The molecule has 84 valence electrons. The fourth-order valence-electron chi connectivity index (χ4n) is 1.51. The van der Waals surface area contributed by atoms with E-state index in [9.17, 15) is 4.79 Å². The maximum atomic E-state index is 11.6. The largest absolute Gasteiger partial charge is 0.462 e. The molecule has 0 spiro atoms. The van der Waals surface area contributed by atoms with E-state index in [1.807, 2.05) is 31.4 Å². The van der Waals surface area contributed by atoms with Crippen molar-refractivity contribution < 1.29 is 9.53 Å². The zero-order chi connectivity index (χ0) is 11.5. The van der Waals surface area contributed by atoms with Crippen molar-refractivity contribution in [1.82, 2.24) is 0 Å². The number of esters is 1. The second kappa shape index (κ2) is 4.89. The average molecular weight is 252 g/mol. The van der Waals surface area contributed by atoms with E-state index in [2.05, 4.69) is 5.38 Å². The quantitative estimate of drug-likeness (QED) is 0.614. The summed E-state index contributed by atoms with van der Waals surface area (Å²) in [5, 5.41) is 3.26. The van der Waals surface area contributed by atoms with Crippen LogP contribution in [0.15, 0.2) is 28.5 Å². The van der Waals surface area contributed by atoms with Crippen molar-refractivity contribution in [3.8, 4) is 0 Å². The summed E-state index contributed by atoms with van der Waals surface area (Å²) in [6.45, 7) is 2.23. The van der Waals surface area contributed by atoms with Crippen LogP contribution in [0.2, 0.25) is 0 Å². The molecule has 0 aliphatic heterocycles. The Bertz CT molecular complexity index is 517. The second-order valence-electron chi connectivity index (χ2n) is 3.24. The number of benzene rings is 1. The fourth-order valence-corrected chi connectivity index (χ4v) is 3.29. The molecule has 0 radical (unpaired) electrons. The molecule has 16 heavy (non-hydrogen) atoms. The van der Waals surface area contributed by atoms with Gasteiger partial charge in [-0.1, -0.05) is 0 Å². The third-order valence-electron chi connectivity index (χ3n) is 2.27. The Labute approximate surface area is 103 Å². The molecule has 0 bridgehead atoms. The Morgan fingerprint density at radius 2 is 2.31 bits per heavy atom. The molecule has 4 heteroatoms. The first-order chi connectivity index (χ1) is 7.76. The molecule has 1 heterocycles. The van der Waals surface area contributed by atoms with Crippen molar-refractivity contribution in [2.45, 2.75) is 11.8 Å². The van der Waals surface area contributed by atoms with Gasteiger partial charge in [-0.25, -0.2) is 4.79 Å². The zero-order valence-corrected chi connectivity index (χ0v) is 10.8. The van der Waals surface area contributed by atoms with E-state index in [0.717, 1.165) is 5.39 Å². The molecule has 0 saturated carbocycles. The summed E-state index contributed by atoms with van der Waals surface area (Å²) >= 11 is 3.40. The van der Waals surface area contributed by atoms with Crippen molar-refractivity contribution in [3.63, 3.8) is 0 Å². The van der Waals surface area contributed by atoms with Crippen LogP contribution >= 0.6 is 23.1 Å². The lowest BCUT2D eigenvalue weighted by atomic mass is 10.2. The van der Waals surface area contributed by atoms with Gasteiger partial charge in [-0.2, -0.15) is 0 Å². The van der Waals surface area contributed by atoms with Gasteiger partial charge in [-0.05, 0) is 31.4 Å². The third-order valence-corrected chi connectivity index (χ3v) is 4.16. The van der Waals surface area contributed by atoms with E-state index in [1.54, 1.807) is 23.1 Å². The topological polar surface area (TPSA) is 26.3 Å². The number of thioether (sulfide) groups is 1. The lowest BCUT2D eigenvalue weighted by Crippen LogP contribution is -2.03. The molecule has 1 aromatic heterocycles. The van der Waals surface area contributed by atoms with Crippen molar-refractivity contribution in [1.29, 1.82) is 0 Å². The van der Waals surface area contributed by atoms with Crippen LogP contribution in [0.3, 0.4) is 0 Å². The summed E-state index contributed by atoms with van der Waals surface area (Å²) in [4.78, 5) is 12.8. The molecule has 0 unspecified atom stereocenters. The Kier molecular flexibility index (Phi) is 3.51. The molecule has 0 amide bonds. The van der Waals surface area contributed by atoms with E-state index in [4.69, 9.17) is 4.74 Å². The van der Waals surface area contributed by atoms with Crippen LogP contribution in [0.1, 0.15) is 17.3 Å². The first-order valence-corrected chi connectivity index (χ1v) is 7.09. The Hall–Kier alpha value is -1.00. The number of ether oxygens (including phenoxy) is 1. The fraction of sp³-hybridized carbons (Fsp3) is 0.250. The lowest BCUT2D eigenvalue weighted by molar-refractivity contribution is 0.0526. The van der Waals surface area contributed by atoms with Crippen molar-refractivity contribution in [2.75, 3.05) is 12.9 Å². The minimum absolute atomic E-state index is 0.248. The van der Waals surface area contributed by atoms with E-state index in [-0.39, 0.29) is 5.97 Å². The van der Waals surface area contributed by atoms with Crippen LogP contribution in [-0.2, 0) is 4.74 Å². The molecule has 2 aromatic rings. The second-order valence-corrected chi connectivity index (χ2v) is 4.99. The highest BCUT2D eigenvalue weighted by atomic mass is 32.2. The summed E-state index contributed by atoms with van der Waals surface area (Å²) in [7, 11) is 0. The molecular weight excluding hydrogens is 240 g/mol. The van der Waals surface area contributed by atoms with Crippen LogP contribution in [0.4, 0.5) is 0 Å². The molecule has 2 rings (SSSR count). The highest BCUT2D eigenvalue weighted by Crippen LogP contribution is 2.32. The van der Waals surface area contributed by atoms with Crippen molar-refractivity contribution in [3.05, 3.63) is 29.1 Å². The normalized spacial score (nSPS) is 10.6.